The molecule has 0 radical (unpaired) electrons. The van der Waals surface area contributed by atoms with Gasteiger partial charge < -0.3 is 19.5 Å². The molecule has 0 spiro atoms. The van der Waals surface area contributed by atoms with Gasteiger partial charge in [0, 0.05) is 0 Å². The smallest absolute Gasteiger partial charge is 0.456 e. The van der Waals surface area contributed by atoms with E-state index >= 15 is 0 Å². The predicted octanol–water partition coefficient (Wildman–Crippen LogP) is 4.17. The maximum absolute atomic E-state index is 13.6. The predicted molar refractivity (Wildman–Crippen MR) is 127 cm³/mol. The van der Waals surface area contributed by atoms with Crippen molar-refractivity contribution in [2.24, 2.45) is 0 Å². The van der Waals surface area contributed by atoms with E-state index in [1.165, 1.54) is 19.1 Å². The first-order valence-corrected chi connectivity index (χ1v) is 10.7. The summed E-state index contributed by atoms with van der Waals surface area (Å²) in [6.07, 6.45) is 0. The minimum absolute atomic E-state index is 0.0453. The summed E-state index contributed by atoms with van der Waals surface area (Å²) >= 11 is 0. The van der Waals surface area contributed by atoms with E-state index in [1.54, 1.807) is 61.5 Å². The summed E-state index contributed by atoms with van der Waals surface area (Å²) in [7, 11) is -1.83. The van der Waals surface area contributed by atoms with Crippen molar-refractivity contribution in [3.8, 4) is 0 Å². The summed E-state index contributed by atoms with van der Waals surface area (Å²) in [5, 5.41) is 18.2. The highest BCUT2D eigenvalue weighted by Gasteiger charge is 2.23. The maximum Gasteiger partial charge on any atom is 0.488 e. The molecule has 0 unspecified atom stereocenters. The van der Waals surface area contributed by atoms with Crippen LogP contribution in [0.5, 0.6) is 0 Å². The van der Waals surface area contributed by atoms with E-state index in [0.717, 1.165) is 11.6 Å². The molecule has 0 bridgehead atoms. The molecule has 0 fully saturated rings. The fourth-order valence-electron chi connectivity index (χ4n) is 2.69. The molecule has 186 valence electrons. The minimum Gasteiger partial charge on any atom is -0.456 e. The van der Waals surface area contributed by atoms with Gasteiger partial charge in [0.2, 0.25) is 0 Å². The van der Waals surface area contributed by atoms with Gasteiger partial charge in [-0.15, -0.1) is 0 Å². The number of carbonyl (C=O) groups excluding carboxylic acids is 2. The summed E-state index contributed by atoms with van der Waals surface area (Å²) < 4.78 is 37.2. The number of carbonyl (C=O) groups is 2. The van der Waals surface area contributed by atoms with Gasteiger partial charge in [0.15, 0.2) is 0 Å². The molecule has 0 saturated heterocycles. The van der Waals surface area contributed by atoms with Gasteiger partial charge in [-0.05, 0) is 109 Å². The van der Waals surface area contributed by atoms with Crippen LogP contribution in [0.3, 0.4) is 0 Å². The first-order chi connectivity index (χ1) is 15.3. The molecule has 0 aliphatic rings. The number of benzene rings is 2. The van der Waals surface area contributed by atoms with Crippen LogP contribution in [0, 0.1) is 32.4 Å². The lowest BCUT2D eigenvalue weighted by molar-refractivity contribution is 0.00566. The van der Waals surface area contributed by atoms with Gasteiger partial charge in [-0.25, -0.2) is 18.4 Å². The van der Waals surface area contributed by atoms with Crippen LogP contribution in [0.4, 0.5) is 8.78 Å². The van der Waals surface area contributed by atoms with Gasteiger partial charge in [-0.3, -0.25) is 0 Å². The summed E-state index contributed by atoms with van der Waals surface area (Å²) in [5.74, 6) is -2.25. The SMILES string of the molecule is Cc1c(F)cc(C(=O)OC(C)(C)C)cc1B(O)O.Cc1cc(C(=O)OC(C)(C)C)cc(F)c1C. The Bertz CT molecular complexity index is 1030. The molecular weight excluding hydrogens is 445 g/mol. The van der Waals surface area contributed by atoms with E-state index in [0.29, 0.717) is 5.56 Å². The van der Waals surface area contributed by atoms with Crippen molar-refractivity contribution in [2.45, 2.75) is 73.5 Å². The summed E-state index contributed by atoms with van der Waals surface area (Å²) in [5.41, 5.74) is 0.316. The lowest BCUT2D eigenvalue weighted by Crippen LogP contribution is -2.34. The van der Waals surface area contributed by atoms with Crippen molar-refractivity contribution in [1.82, 2.24) is 0 Å². The lowest BCUT2D eigenvalue weighted by Gasteiger charge is -2.20. The molecule has 0 amide bonds. The van der Waals surface area contributed by atoms with Gasteiger partial charge in [-0.1, -0.05) is 0 Å². The highest BCUT2D eigenvalue weighted by atomic mass is 19.1. The zero-order valence-electron chi connectivity index (χ0n) is 21.2. The second-order valence-electron chi connectivity index (χ2n) is 9.95. The van der Waals surface area contributed by atoms with E-state index in [9.17, 15) is 18.4 Å². The molecule has 2 aromatic carbocycles. The molecule has 0 aliphatic carbocycles. The van der Waals surface area contributed by atoms with Crippen LogP contribution in [0.1, 0.15) is 78.9 Å². The molecule has 2 aromatic rings. The van der Waals surface area contributed by atoms with Crippen molar-refractivity contribution in [1.29, 1.82) is 0 Å². The second kappa shape index (κ2) is 11.1. The Morgan fingerprint density at radius 2 is 1.12 bits per heavy atom. The highest BCUT2D eigenvalue weighted by Crippen LogP contribution is 2.18. The highest BCUT2D eigenvalue weighted by molar-refractivity contribution is 6.59. The van der Waals surface area contributed by atoms with Crippen molar-refractivity contribution in [3.63, 3.8) is 0 Å². The summed E-state index contributed by atoms with van der Waals surface area (Å²) in [6.45, 7) is 15.3. The molecule has 2 rings (SSSR count). The zero-order valence-corrected chi connectivity index (χ0v) is 21.2. The number of aryl methyl sites for hydroxylation is 1. The van der Waals surface area contributed by atoms with Crippen LogP contribution < -0.4 is 5.46 Å². The van der Waals surface area contributed by atoms with Gasteiger partial charge >= 0.3 is 19.1 Å². The molecule has 0 saturated carbocycles. The topological polar surface area (TPSA) is 93.1 Å². The van der Waals surface area contributed by atoms with Crippen LogP contribution in [0.25, 0.3) is 0 Å². The maximum atomic E-state index is 13.6. The second-order valence-corrected chi connectivity index (χ2v) is 9.95. The molecule has 9 heteroatoms. The van der Waals surface area contributed by atoms with Crippen molar-refractivity contribution in [3.05, 3.63) is 63.7 Å². The fourth-order valence-corrected chi connectivity index (χ4v) is 2.69. The molecule has 0 aromatic heterocycles. The van der Waals surface area contributed by atoms with Gasteiger partial charge in [-0.2, -0.15) is 0 Å². The fraction of sp³-hybridized carbons (Fsp3) is 0.440. The molecule has 0 heterocycles. The Morgan fingerprint density at radius 3 is 1.47 bits per heavy atom. The Kier molecular flexibility index (Phi) is 9.55. The quantitative estimate of drug-likeness (QED) is 0.508. The van der Waals surface area contributed by atoms with Crippen LogP contribution in [0.2, 0.25) is 0 Å². The number of hydrogen-bond donors (Lipinski definition) is 2. The first kappa shape index (κ1) is 29.3. The van der Waals surface area contributed by atoms with Gasteiger partial charge in [0.1, 0.15) is 22.8 Å². The minimum atomic E-state index is -1.83. The van der Waals surface area contributed by atoms with Crippen LogP contribution in [0.15, 0.2) is 24.3 Å². The van der Waals surface area contributed by atoms with Crippen LogP contribution in [-0.4, -0.2) is 40.3 Å². The lowest BCUT2D eigenvalue weighted by atomic mass is 9.76. The first-order valence-electron chi connectivity index (χ1n) is 10.7. The van der Waals surface area contributed by atoms with Crippen LogP contribution in [-0.2, 0) is 9.47 Å². The molecule has 34 heavy (non-hydrogen) atoms. The normalized spacial score (nSPS) is 11.3. The van der Waals surface area contributed by atoms with Crippen molar-refractivity contribution < 1.29 is 37.9 Å². The number of rotatable bonds is 3. The van der Waals surface area contributed by atoms with E-state index in [4.69, 9.17) is 19.5 Å². The molecule has 2 N–H and O–H groups in total. The largest absolute Gasteiger partial charge is 0.488 e. The number of esters is 2. The molecular formula is C25H33BF2O6. The number of ether oxygens (including phenoxy) is 2. The Morgan fingerprint density at radius 1 is 0.735 bits per heavy atom. The average molecular weight is 478 g/mol. The van der Waals surface area contributed by atoms with E-state index < -0.39 is 36.1 Å². The Labute approximate surface area is 200 Å². The third-order valence-corrected chi connectivity index (χ3v) is 4.54. The Balaban J connectivity index is 0.000000342. The number of halogens is 2. The average Bonchev–Trinajstić information content (AvgIpc) is 2.65. The molecule has 0 atom stereocenters. The van der Waals surface area contributed by atoms with Gasteiger partial charge in [0.05, 0.1) is 11.1 Å². The molecule has 0 aliphatic heterocycles. The summed E-state index contributed by atoms with van der Waals surface area (Å²) in [6, 6.07) is 5.11. The van der Waals surface area contributed by atoms with Gasteiger partial charge in [0.25, 0.3) is 0 Å². The zero-order chi connectivity index (χ0) is 26.6. The third-order valence-electron chi connectivity index (χ3n) is 4.54. The van der Waals surface area contributed by atoms with Crippen molar-refractivity contribution in [2.75, 3.05) is 0 Å². The van der Waals surface area contributed by atoms with Crippen molar-refractivity contribution >= 4 is 24.5 Å². The summed E-state index contributed by atoms with van der Waals surface area (Å²) in [4.78, 5) is 23.4. The molecule has 6 nitrogen and oxygen atoms in total. The Hall–Kier alpha value is -2.78. The van der Waals surface area contributed by atoms with Crippen LogP contribution >= 0.6 is 0 Å². The standard InChI is InChI=1S/C13H17FO2.C12H16BFO4/c1-8-6-10(7-11(14)9(8)2)12(15)16-13(3,4)5;1-7-9(13(16)17)5-8(6-10(7)14)11(15)18-12(2,3)4/h6-7H,1-5H3;5-6,16-17H,1-4H3. The van der Waals surface area contributed by atoms with E-state index in [1.807, 2.05) is 0 Å². The van der Waals surface area contributed by atoms with E-state index in [2.05, 4.69) is 0 Å². The monoisotopic (exact) mass is 478 g/mol. The third kappa shape index (κ3) is 8.87. The number of hydrogen-bond acceptors (Lipinski definition) is 6. The van der Waals surface area contributed by atoms with E-state index in [-0.39, 0.29) is 28.0 Å².